The Morgan fingerprint density at radius 2 is 2.08 bits per heavy atom. The molecule has 1 heterocycles. The highest BCUT2D eigenvalue weighted by molar-refractivity contribution is 5.80. The Morgan fingerprint density at radius 3 is 2.83 bits per heavy atom. The molecule has 0 saturated heterocycles. The van der Waals surface area contributed by atoms with Crippen LogP contribution in [0.15, 0.2) is 24.3 Å². The van der Waals surface area contributed by atoms with Crippen molar-refractivity contribution < 1.29 is 10.0 Å². The highest BCUT2D eigenvalue weighted by atomic mass is 16.5. The summed E-state index contributed by atoms with van der Waals surface area (Å²) in [7, 11) is 0. The van der Waals surface area contributed by atoms with Gasteiger partial charge in [-0.3, -0.25) is 10.0 Å². The lowest BCUT2D eigenvalue weighted by Gasteiger charge is -2.23. The average molecular weight is 330 g/mol. The van der Waals surface area contributed by atoms with E-state index in [1.54, 1.807) is 5.48 Å². The summed E-state index contributed by atoms with van der Waals surface area (Å²) in [6.45, 7) is 0.983. The van der Waals surface area contributed by atoms with Crippen LogP contribution in [0.5, 0.6) is 0 Å². The number of para-hydroxylation sites is 2. The summed E-state index contributed by atoms with van der Waals surface area (Å²) in [4.78, 5) is 16.1. The number of rotatable bonds is 6. The number of carbonyl (C=O) groups excluding carboxylic acids is 1. The third kappa shape index (κ3) is 3.76. The molecule has 0 unspecified atom stereocenters. The number of aryl methyl sites for hydroxylation is 1. The highest BCUT2D eigenvalue weighted by Crippen LogP contribution is 2.27. The Balaban J connectivity index is 1.80. The Labute approximate surface area is 142 Å². The van der Waals surface area contributed by atoms with Crippen molar-refractivity contribution in [1.29, 1.82) is 0 Å². The fourth-order valence-electron chi connectivity index (χ4n) is 3.65. The van der Waals surface area contributed by atoms with Crippen LogP contribution in [0.25, 0.3) is 11.0 Å². The summed E-state index contributed by atoms with van der Waals surface area (Å²) >= 11 is 0. The molecule has 1 aromatic carbocycles. The summed E-state index contributed by atoms with van der Waals surface area (Å²) in [5.74, 6) is 1.12. The van der Waals surface area contributed by atoms with E-state index in [0.717, 1.165) is 23.4 Å². The van der Waals surface area contributed by atoms with Gasteiger partial charge in [0.2, 0.25) is 0 Å². The quantitative estimate of drug-likeness (QED) is 0.560. The van der Waals surface area contributed by atoms with Crippen molar-refractivity contribution in [3.8, 4) is 0 Å². The number of nitrogens with zero attached hydrogens (tertiary/aromatic N) is 2. The van der Waals surface area contributed by atoms with Gasteiger partial charge in [-0.25, -0.2) is 10.5 Å². The van der Waals surface area contributed by atoms with Crippen molar-refractivity contribution in [2.75, 3.05) is 0 Å². The number of nitrogens with two attached hydrogens (primary N) is 1. The predicted octanol–water partition coefficient (Wildman–Crippen LogP) is 2.38. The molecule has 3 rings (SSSR count). The number of amides is 1. The molecule has 1 aliphatic rings. The van der Waals surface area contributed by atoms with Gasteiger partial charge in [-0.2, -0.15) is 0 Å². The zero-order valence-corrected chi connectivity index (χ0v) is 13.9. The van der Waals surface area contributed by atoms with Crippen molar-refractivity contribution in [2.24, 2.45) is 11.7 Å². The van der Waals surface area contributed by atoms with Crippen molar-refractivity contribution in [3.63, 3.8) is 0 Å². The average Bonchev–Trinajstić information content (AvgIpc) is 2.97. The van der Waals surface area contributed by atoms with Gasteiger partial charge in [-0.1, -0.05) is 31.4 Å². The van der Waals surface area contributed by atoms with Gasteiger partial charge in [0.05, 0.1) is 17.1 Å². The fraction of sp³-hybridized carbons (Fsp3) is 0.556. The summed E-state index contributed by atoms with van der Waals surface area (Å²) in [5, 5.41) is 8.69. The number of hydroxylamine groups is 1. The zero-order chi connectivity index (χ0) is 16.9. The van der Waals surface area contributed by atoms with E-state index < -0.39 is 11.9 Å². The number of benzene rings is 1. The van der Waals surface area contributed by atoms with Crippen LogP contribution < -0.4 is 11.2 Å². The van der Waals surface area contributed by atoms with Gasteiger partial charge in [-0.05, 0) is 37.3 Å². The molecule has 1 atom stereocenters. The molecule has 1 aromatic heterocycles. The van der Waals surface area contributed by atoms with E-state index in [1.165, 1.54) is 32.1 Å². The van der Waals surface area contributed by atoms with Crippen LogP contribution >= 0.6 is 0 Å². The largest absolute Gasteiger partial charge is 0.328 e. The fourth-order valence-corrected chi connectivity index (χ4v) is 3.65. The normalized spacial score (nSPS) is 17.1. The van der Waals surface area contributed by atoms with Gasteiger partial charge in [0.15, 0.2) is 0 Å². The third-order valence-corrected chi connectivity index (χ3v) is 5.03. The first-order chi connectivity index (χ1) is 11.7. The molecular weight excluding hydrogens is 304 g/mol. The minimum Gasteiger partial charge on any atom is -0.328 e. The summed E-state index contributed by atoms with van der Waals surface area (Å²) in [6.07, 6.45) is 7.61. The molecule has 0 aliphatic heterocycles. The molecule has 0 bridgehead atoms. The Kier molecular flexibility index (Phi) is 5.48. The minimum absolute atomic E-state index is 0.459. The van der Waals surface area contributed by atoms with E-state index in [2.05, 4.69) is 10.6 Å². The second kappa shape index (κ2) is 7.77. The lowest BCUT2D eigenvalue weighted by molar-refractivity contribution is -0.130. The highest BCUT2D eigenvalue weighted by Gasteiger charge is 2.19. The standard InChI is InChI=1S/C18H26N4O2/c19-14(18(23)21-24)10-11-17-20-15-8-4-5-9-16(15)22(17)12-13-6-2-1-3-7-13/h4-5,8-9,13-14,24H,1-3,6-7,10-12,19H2,(H,21,23)/t14-/m0/s1. The van der Waals surface area contributed by atoms with E-state index >= 15 is 0 Å². The maximum atomic E-state index is 11.4. The smallest absolute Gasteiger partial charge is 0.260 e. The van der Waals surface area contributed by atoms with Crippen LogP contribution in [-0.2, 0) is 17.8 Å². The summed E-state index contributed by atoms with van der Waals surface area (Å²) in [5.41, 5.74) is 9.55. The van der Waals surface area contributed by atoms with Crippen LogP contribution in [-0.4, -0.2) is 26.7 Å². The van der Waals surface area contributed by atoms with Gasteiger partial charge in [0.25, 0.3) is 5.91 Å². The lowest BCUT2D eigenvalue weighted by atomic mass is 9.89. The number of carbonyl (C=O) groups is 1. The number of fused-ring (bicyclic) bond motifs is 1. The molecule has 1 fully saturated rings. The SMILES string of the molecule is N[C@@H](CCc1nc2ccccc2n1CC1CCCCC1)C(=O)NO. The Bertz CT molecular complexity index is 691. The third-order valence-electron chi connectivity index (χ3n) is 5.03. The van der Waals surface area contributed by atoms with Crippen molar-refractivity contribution in [3.05, 3.63) is 30.1 Å². The molecule has 0 radical (unpaired) electrons. The van der Waals surface area contributed by atoms with Crippen molar-refractivity contribution >= 4 is 16.9 Å². The molecule has 130 valence electrons. The van der Waals surface area contributed by atoms with Gasteiger partial charge in [0, 0.05) is 13.0 Å². The molecule has 1 amide bonds. The minimum atomic E-state index is -0.724. The number of nitrogens with one attached hydrogen (secondary N) is 1. The number of hydrogen-bond acceptors (Lipinski definition) is 4. The number of hydrogen-bond donors (Lipinski definition) is 3. The number of aromatic nitrogens is 2. The van der Waals surface area contributed by atoms with Crippen molar-refractivity contribution in [2.45, 2.75) is 57.5 Å². The lowest BCUT2D eigenvalue weighted by Crippen LogP contribution is -2.39. The first kappa shape index (κ1) is 16.9. The topological polar surface area (TPSA) is 93.2 Å². The van der Waals surface area contributed by atoms with E-state index in [-0.39, 0.29) is 0 Å². The number of imidazole rings is 1. The van der Waals surface area contributed by atoms with E-state index in [9.17, 15) is 4.79 Å². The summed E-state index contributed by atoms with van der Waals surface area (Å²) < 4.78 is 2.30. The van der Waals surface area contributed by atoms with Crippen LogP contribution in [0.3, 0.4) is 0 Å². The molecular formula is C18H26N4O2. The van der Waals surface area contributed by atoms with Crippen LogP contribution in [0.4, 0.5) is 0 Å². The first-order valence-corrected chi connectivity index (χ1v) is 8.82. The molecule has 1 saturated carbocycles. The van der Waals surface area contributed by atoms with E-state index in [1.807, 2.05) is 18.2 Å². The summed E-state index contributed by atoms with van der Waals surface area (Å²) in [6, 6.07) is 7.44. The maximum Gasteiger partial charge on any atom is 0.260 e. The second-order valence-corrected chi connectivity index (χ2v) is 6.75. The van der Waals surface area contributed by atoms with E-state index in [0.29, 0.717) is 18.8 Å². The Morgan fingerprint density at radius 1 is 1.33 bits per heavy atom. The Hall–Kier alpha value is -1.92. The molecule has 6 heteroatoms. The molecule has 6 nitrogen and oxygen atoms in total. The maximum absolute atomic E-state index is 11.4. The van der Waals surface area contributed by atoms with E-state index in [4.69, 9.17) is 15.9 Å². The van der Waals surface area contributed by atoms with Crippen LogP contribution in [0.2, 0.25) is 0 Å². The molecule has 2 aromatic rings. The van der Waals surface area contributed by atoms with Crippen LogP contribution in [0.1, 0.15) is 44.3 Å². The molecule has 1 aliphatic carbocycles. The predicted molar refractivity (Wildman–Crippen MR) is 92.5 cm³/mol. The molecule has 4 N–H and O–H groups in total. The second-order valence-electron chi connectivity index (χ2n) is 6.75. The zero-order valence-electron chi connectivity index (χ0n) is 13.9. The van der Waals surface area contributed by atoms with Gasteiger partial charge < -0.3 is 10.3 Å². The van der Waals surface area contributed by atoms with Crippen molar-refractivity contribution in [1.82, 2.24) is 15.0 Å². The first-order valence-electron chi connectivity index (χ1n) is 8.82. The van der Waals surface area contributed by atoms with Crippen LogP contribution in [0, 0.1) is 5.92 Å². The monoisotopic (exact) mass is 330 g/mol. The molecule has 24 heavy (non-hydrogen) atoms. The van der Waals surface area contributed by atoms with Gasteiger partial charge in [-0.15, -0.1) is 0 Å². The van der Waals surface area contributed by atoms with Gasteiger partial charge in [0.1, 0.15) is 5.82 Å². The molecule has 0 spiro atoms. The van der Waals surface area contributed by atoms with Gasteiger partial charge >= 0.3 is 0 Å².